The lowest BCUT2D eigenvalue weighted by Gasteiger charge is -2.18. The zero-order chi connectivity index (χ0) is 9.30. The summed E-state index contributed by atoms with van der Waals surface area (Å²) in [4.78, 5) is 23.0. The number of hydrogen-bond acceptors (Lipinski definition) is 3. The number of halogens is 1. The lowest BCUT2D eigenvalue weighted by molar-refractivity contribution is -0.153. The number of rotatable bonds is 1. The van der Waals surface area contributed by atoms with Gasteiger partial charge in [0.2, 0.25) is 0 Å². The summed E-state index contributed by atoms with van der Waals surface area (Å²) in [6.07, 6.45) is 0.980. The summed E-state index contributed by atoms with van der Waals surface area (Å²) in [7, 11) is 1.57. The fourth-order valence-corrected chi connectivity index (χ4v) is 1.38. The fourth-order valence-electron chi connectivity index (χ4n) is 0.875. The monoisotopic (exact) mass is 233 g/mol. The molecule has 4 nitrogen and oxygen atoms in total. The van der Waals surface area contributed by atoms with E-state index in [1.807, 2.05) is 0 Å². The van der Waals surface area contributed by atoms with Crippen LogP contribution in [-0.4, -0.2) is 30.1 Å². The third-order valence-electron chi connectivity index (χ3n) is 1.48. The number of hydrogen-bond donors (Lipinski definition) is 0. The molecule has 1 heterocycles. The van der Waals surface area contributed by atoms with Gasteiger partial charge in [0.15, 0.2) is 6.23 Å². The first-order valence-electron chi connectivity index (χ1n) is 3.34. The van der Waals surface area contributed by atoms with Crippen molar-refractivity contribution in [1.29, 1.82) is 0 Å². The third-order valence-corrected chi connectivity index (χ3v) is 2.09. The molecular weight excluding hydrogens is 226 g/mol. The van der Waals surface area contributed by atoms with Gasteiger partial charge in [0.05, 0.1) is 4.48 Å². The molecule has 0 aliphatic carbocycles. The maximum atomic E-state index is 11.1. The van der Waals surface area contributed by atoms with E-state index in [4.69, 9.17) is 4.74 Å². The fraction of sp³-hybridized carbons (Fsp3) is 0.429. The summed E-state index contributed by atoms with van der Waals surface area (Å²) in [5.74, 6) is -0.584. The van der Waals surface area contributed by atoms with Crippen LogP contribution in [0.2, 0.25) is 0 Å². The van der Waals surface area contributed by atoms with Crippen LogP contribution in [0.3, 0.4) is 0 Å². The van der Waals surface area contributed by atoms with E-state index in [9.17, 15) is 9.59 Å². The van der Waals surface area contributed by atoms with Crippen LogP contribution in [0.1, 0.15) is 6.92 Å². The molecule has 0 radical (unpaired) electrons. The quantitative estimate of drug-likeness (QED) is 0.625. The van der Waals surface area contributed by atoms with E-state index in [1.54, 1.807) is 13.1 Å². The molecule has 0 aromatic carbocycles. The van der Waals surface area contributed by atoms with Gasteiger partial charge in [0, 0.05) is 14.0 Å². The molecule has 0 saturated heterocycles. The van der Waals surface area contributed by atoms with E-state index in [0.717, 1.165) is 0 Å². The first kappa shape index (κ1) is 9.25. The van der Waals surface area contributed by atoms with E-state index < -0.39 is 12.2 Å². The molecule has 0 bridgehead atoms. The Balaban J connectivity index is 2.70. The lowest BCUT2D eigenvalue weighted by atomic mass is 10.5. The van der Waals surface area contributed by atoms with E-state index in [0.29, 0.717) is 4.48 Å². The Morgan fingerprint density at radius 3 is 2.67 bits per heavy atom. The molecular formula is C7H8BrNO3. The Labute approximate surface area is 78.3 Å². The number of nitrogens with zero attached hydrogens (tertiary/aromatic N) is 1. The Morgan fingerprint density at radius 2 is 2.33 bits per heavy atom. The van der Waals surface area contributed by atoms with Crippen LogP contribution in [-0.2, 0) is 14.3 Å². The molecule has 1 unspecified atom stereocenters. The van der Waals surface area contributed by atoms with Gasteiger partial charge in [0.25, 0.3) is 5.91 Å². The van der Waals surface area contributed by atoms with Gasteiger partial charge in [-0.2, -0.15) is 0 Å². The Bertz CT molecular complexity index is 261. The van der Waals surface area contributed by atoms with E-state index in [2.05, 4.69) is 15.9 Å². The highest BCUT2D eigenvalue weighted by Crippen LogP contribution is 2.21. The standard InChI is InChI=1S/C7H8BrNO3/c1-4(10)12-6-3-5(8)7(11)9(6)2/h3,6H,1-2H3. The molecule has 1 aliphatic rings. The number of ether oxygens (including phenoxy) is 1. The van der Waals surface area contributed by atoms with Crippen LogP contribution in [0.5, 0.6) is 0 Å². The van der Waals surface area contributed by atoms with Crippen molar-refractivity contribution in [3.63, 3.8) is 0 Å². The molecule has 1 amide bonds. The van der Waals surface area contributed by atoms with Gasteiger partial charge in [-0.05, 0) is 22.0 Å². The second-order valence-electron chi connectivity index (χ2n) is 2.43. The molecule has 0 saturated carbocycles. The van der Waals surface area contributed by atoms with Crippen LogP contribution in [0, 0.1) is 0 Å². The minimum Gasteiger partial charge on any atom is -0.438 e. The van der Waals surface area contributed by atoms with Gasteiger partial charge in [-0.15, -0.1) is 0 Å². The number of carbonyl (C=O) groups is 2. The van der Waals surface area contributed by atoms with Gasteiger partial charge in [0.1, 0.15) is 0 Å². The van der Waals surface area contributed by atoms with Crippen molar-refractivity contribution >= 4 is 27.8 Å². The van der Waals surface area contributed by atoms with Crippen LogP contribution < -0.4 is 0 Å². The topological polar surface area (TPSA) is 46.6 Å². The van der Waals surface area contributed by atoms with Crippen molar-refractivity contribution in [3.8, 4) is 0 Å². The van der Waals surface area contributed by atoms with E-state index in [-0.39, 0.29) is 5.91 Å². The summed E-state index contributed by atoms with van der Waals surface area (Å²) >= 11 is 3.05. The second kappa shape index (κ2) is 3.26. The summed E-state index contributed by atoms with van der Waals surface area (Å²) in [5, 5.41) is 0. The van der Waals surface area contributed by atoms with Crippen molar-refractivity contribution in [2.45, 2.75) is 13.2 Å². The highest BCUT2D eigenvalue weighted by atomic mass is 79.9. The third kappa shape index (κ3) is 1.66. The maximum Gasteiger partial charge on any atom is 0.304 e. The maximum absolute atomic E-state index is 11.1. The van der Waals surface area contributed by atoms with Crippen LogP contribution in [0.4, 0.5) is 0 Å². The average molecular weight is 234 g/mol. The molecule has 1 rings (SSSR count). The molecule has 1 aliphatic heterocycles. The Morgan fingerprint density at radius 1 is 1.75 bits per heavy atom. The van der Waals surface area contributed by atoms with Gasteiger partial charge in [-0.3, -0.25) is 9.59 Å². The van der Waals surface area contributed by atoms with Crippen LogP contribution in [0.15, 0.2) is 10.6 Å². The van der Waals surface area contributed by atoms with Gasteiger partial charge < -0.3 is 9.64 Å². The number of likely N-dealkylation sites (N-methyl/N-ethyl adjacent to an activating group) is 1. The molecule has 0 aromatic heterocycles. The summed E-state index contributed by atoms with van der Waals surface area (Å²) in [5.41, 5.74) is 0. The lowest BCUT2D eigenvalue weighted by Crippen LogP contribution is -2.33. The average Bonchev–Trinajstić information content (AvgIpc) is 2.17. The molecule has 0 aromatic rings. The molecule has 0 fully saturated rings. The van der Waals surface area contributed by atoms with Crippen molar-refractivity contribution in [3.05, 3.63) is 10.6 Å². The van der Waals surface area contributed by atoms with E-state index >= 15 is 0 Å². The molecule has 0 spiro atoms. The Kier molecular flexibility index (Phi) is 2.52. The SMILES string of the molecule is CC(=O)OC1C=C(Br)C(=O)N1C. The van der Waals surface area contributed by atoms with Gasteiger partial charge in [-0.1, -0.05) is 0 Å². The van der Waals surface area contributed by atoms with E-state index in [1.165, 1.54) is 11.8 Å². The van der Waals surface area contributed by atoms with Crippen LogP contribution in [0.25, 0.3) is 0 Å². The predicted molar refractivity (Wildman–Crippen MR) is 45.3 cm³/mol. The summed E-state index contributed by atoms with van der Waals surface area (Å²) < 4.78 is 5.25. The van der Waals surface area contributed by atoms with Crippen molar-refractivity contribution in [1.82, 2.24) is 4.90 Å². The van der Waals surface area contributed by atoms with Crippen molar-refractivity contribution in [2.24, 2.45) is 0 Å². The molecule has 5 heteroatoms. The first-order valence-corrected chi connectivity index (χ1v) is 4.13. The number of esters is 1. The molecule has 0 N–H and O–H groups in total. The molecule has 1 atom stereocenters. The van der Waals surface area contributed by atoms with Gasteiger partial charge in [-0.25, -0.2) is 0 Å². The smallest absolute Gasteiger partial charge is 0.304 e. The largest absolute Gasteiger partial charge is 0.438 e. The normalized spacial score (nSPS) is 22.6. The highest BCUT2D eigenvalue weighted by Gasteiger charge is 2.29. The van der Waals surface area contributed by atoms with Crippen molar-refractivity contribution in [2.75, 3.05) is 7.05 Å². The Hall–Kier alpha value is -0.840. The zero-order valence-electron chi connectivity index (χ0n) is 6.70. The number of carbonyl (C=O) groups excluding carboxylic acids is 2. The number of amides is 1. The minimum atomic E-state index is -0.565. The molecule has 66 valence electrons. The first-order chi connectivity index (χ1) is 5.52. The minimum absolute atomic E-state index is 0.179. The summed E-state index contributed by atoms with van der Waals surface area (Å²) in [6.45, 7) is 1.30. The highest BCUT2D eigenvalue weighted by molar-refractivity contribution is 9.12. The predicted octanol–water partition coefficient (Wildman–Crippen LogP) is 0.626. The van der Waals surface area contributed by atoms with Gasteiger partial charge >= 0.3 is 5.97 Å². The van der Waals surface area contributed by atoms with Crippen molar-refractivity contribution < 1.29 is 14.3 Å². The molecule has 12 heavy (non-hydrogen) atoms. The van der Waals surface area contributed by atoms with Crippen LogP contribution >= 0.6 is 15.9 Å². The zero-order valence-corrected chi connectivity index (χ0v) is 8.29. The summed E-state index contributed by atoms with van der Waals surface area (Å²) in [6, 6.07) is 0. The second-order valence-corrected chi connectivity index (χ2v) is 3.28.